The summed E-state index contributed by atoms with van der Waals surface area (Å²) in [7, 11) is 0. The number of anilines is 1. The van der Waals surface area contributed by atoms with Crippen molar-refractivity contribution < 1.29 is 27.8 Å². The third kappa shape index (κ3) is 3.87. The van der Waals surface area contributed by atoms with Gasteiger partial charge in [-0.3, -0.25) is 4.90 Å². The number of benzene rings is 1. The van der Waals surface area contributed by atoms with Gasteiger partial charge in [0.25, 0.3) is 0 Å². The maximum absolute atomic E-state index is 16.8. The molecule has 0 aliphatic carbocycles. The number of aromatic hydroxyl groups is 1. The lowest BCUT2D eigenvalue weighted by atomic mass is 9.95. The molecule has 4 saturated heterocycles. The second kappa shape index (κ2) is 9.51. The van der Waals surface area contributed by atoms with E-state index in [1.807, 2.05) is 0 Å². The second-order valence-electron chi connectivity index (χ2n) is 12.7. The van der Waals surface area contributed by atoms with Crippen LogP contribution in [0.15, 0.2) is 24.3 Å². The molecule has 3 aromatic heterocycles. The standard InChI is InChI=1S/C31H30F3N7O3/c32-16-10-31(7-2-8-40(31)11-16)14-44-30-38-25-23-28(39-30)41-12-17-5-6-19(35-17)20(41)13-43-29(23)37-27(24(25)34)26-22-15(9-21(42)36-26)3-1-4-18(22)33/h1,3-4,9,16-17,19-20,35H,2,5-8,10-14H2,(H,36,42)/t16-,17?,19?,20?,31+/m1/s1. The fourth-order valence-electron chi connectivity index (χ4n) is 8.21. The van der Waals surface area contributed by atoms with Gasteiger partial charge in [-0.15, -0.1) is 0 Å². The van der Waals surface area contributed by atoms with Crippen LogP contribution in [0.25, 0.3) is 33.1 Å². The van der Waals surface area contributed by atoms with Crippen LogP contribution in [-0.4, -0.2) is 92.6 Å². The Labute approximate surface area is 250 Å². The van der Waals surface area contributed by atoms with Gasteiger partial charge in [0.2, 0.25) is 11.8 Å². The number of piperazine rings is 1. The average Bonchev–Trinajstić information content (AvgIpc) is 3.64. The smallest absolute Gasteiger partial charge is 0.319 e. The van der Waals surface area contributed by atoms with Crippen LogP contribution in [0.4, 0.5) is 19.0 Å². The summed E-state index contributed by atoms with van der Waals surface area (Å²) in [6.45, 7) is 2.28. The van der Waals surface area contributed by atoms with E-state index in [-0.39, 0.29) is 65.5 Å². The molecule has 228 valence electrons. The summed E-state index contributed by atoms with van der Waals surface area (Å²) in [6.07, 6.45) is 3.19. The van der Waals surface area contributed by atoms with Crippen LogP contribution < -0.4 is 19.7 Å². The molecule has 8 heterocycles. The number of fused-ring (bicyclic) bond motifs is 7. The van der Waals surface area contributed by atoms with Crippen molar-refractivity contribution in [3.05, 3.63) is 35.9 Å². The van der Waals surface area contributed by atoms with Crippen LogP contribution in [0, 0.1) is 11.6 Å². The lowest BCUT2D eigenvalue weighted by Gasteiger charge is -2.40. The van der Waals surface area contributed by atoms with Gasteiger partial charge in [-0.2, -0.15) is 9.97 Å². The summed E-state index contributed by atoms with van der Waals surface area (Å²) in [5.74, 6) is -1.32. The summed E-state index contributed by atoms with van der Waals surface area (Å²) in [4.78, 5) is 22.3. The molecule has 5 aliphatic heterocycles. The van der Waals surface area contributed by atoms with Crippen LogP contribution in [0.1, 0.15) is 32.1 Å². The minimum atomic E-state index is -0.922. The van der Waals surface area contributed by atoms with Crippen LogP contribution in [-0.2, 0) is 0 Å². The normalized spacial score (nSPS) is 29.1. The fourth-order valence-corrected chi connectivity index (χ4v) is 8.21. The number of ether oxygens (including phenoxy) is 2. The first-order valence-corrected chi connectivity index (χ1v) is 15.2. The number of pyridine rings is 2. The molecule has 9 rings (SSSR count). The number of nitrogens with zero attached hydrogens (tertiary/aromatic N) is 6. The van der Waals surface area contributed by atoms with E-state index in [0.29, 0.717) is 36.1 Å². The molecule has 0 radical (unpaired) electrons. The molecule has 5 atom stereocenters. The first kappa shape index (κ1) is 26.4. The highest BCUT2D eigenvalue weighted by atomic mass is 19.1. The zero-order valence-electron chi connectivity index (χ0n) is 23.8. The van der Waals surface area contributed by atoms with Crippen molar-refractivity contribution in [1.29, 1.82) is 0 Å². The molecule has 4 fully saturated rings. The Bertz CT molecular complexity index is 1850. The molecule has 13 heteroatoms. The minimum Gasteiger partial charge on any atom is -0.493 e. The number of alkyl halides is 1. The highest BCUT2D eigenvalue weighted by Gasteiger charge is 2.50. The van der Waals surface area contributed by atoms with E-state index in [1.54, 1.807) is 6.07 Å². The van der Waals surface area contributed by atoms with Gasteiger partial charge in [0.15, 0.2) is 5.82 Å². The van der Waals surface area contributed by atoms with Crippen molar-refractivity contribution >= 4 is 27.5 Å². The number of hydrogen-bond donors (Lipinski definition) is 2. The van der Waals surface area contributed by atoms with E-state index in [1.165, 1.54) is 18.2 Å². The Hall–Kier alpha value is -3.97. The van der Waals surface area contributed by atoms with E-state index in [0.717, 1.165) is 32.2 Å². The molecule has 5 aliphatic rings. The SMILES string of the molecule is Oc1cc2cccc(F)c2c(-c2nc3c4c(nc(OC[C@@]56CCCN5C[C@H](F)C6)nc4c2F)N2CC4CCC(N4)C2CO3)n1. The minimum absolute atomic E-state index is 0.0176. The van der Waals surface area contributed by atoms with Gasteiger partial charge in [0.1, 0.15) is 53.3 Å². The Morgan fingerprint density at radius 2 is 2.00 bits per heavy atom. The molecular formula is C31H30F3N7O3. The first-order chi connectivity index (χ1) is 21.4. The number of hydrogen-bond acceptors (Lipinski definition) is 10. The summed E-state index contributed by atoms with van der Waals surface area (Å²) in [5.41, 5.74) is -1.00. The molecular weight excluding hydrogens is 575 g/mol. The lowest BCUT2D eigenvalue weighted by Crippen LogP contribution is -2.60. The molecule has 4 aromatic rings. The van der Waals surface area contributed by atoms with Crippen molar-refractivity contribution in [3.8, 4) is 29.2 Å². The topological polar surface area (TPSA) is 109 Å². The quantitative estimate of drug-likeness (QED) is 0.356. The summed E-state index contributed by atoms with van der Waals surface area (Å²) in [6, 6.07) is 5.96. The number of aromatic nitrogens is 4. The molecule has 2 bridgehead atoms. The molecule has 0 saturated carbocycles. The summed E-state index contributed by atoms with van der Waals surface area (Å²) >= 11 is 0. The Morgan fingerprint density at radius 3 is 2.91 bits per heavy atom. The van der Waals surface area contributed by atoms with E-state index in [9.17, 15) is 9.50 Å². The van der Waals surface area contributed by atoms with Crippen molar-refractivity contribution in [2.24, 2.45) is 0 Å². The van der Waals surface area contributed by atoms with Crippen LogP contribution >= 0.6 is 0 Å². The maximum atomic E-state index is 16.8. The van der Waals surface area contributed by atoms with Gasteiger partial charge in [0.05, 0.1) is 11.6 Å². The average molecular weight is 606 g/mol. The van der Waals surface area contributed by atoms with E-state index in [4.69, 9.17) is 14.5 Å². The van der Waals surface area contributed by atoms with Gasteiger partial charge in [-0.05, 0) is 43.7 Å². The van der Waals surface area contributed by atoms with Gasteiger partial charge in [-0.1, -0.05) is 12.1 Å². The number of nitrogens with one attached hydrogen (secondary N) is 1. The van der Waals surface area contributed by atoms with Crippen LogP contribution in [0.2, 0.25) is 0 Å². The third-order valence-corrected chi connectivity index (χ3v) is 10.2. The summed E-state index contributed by atoms with van der Waals surface area (Å²) in [5, 5.41) is 14.7. The van der Waals surface area contributed by atoms with E-state index in [2.05, 4.69) is 30.1 Å². The van der Waals surface area contributed by atoms with Crippen molar-refractivity contribution in [3.63, 3.8) is 0 Å². The predicted octanol–water partition coefficient (Wildman–Crippen LogP) is 3.88. The van der Waals surface area contributed by atoms with Gasteiger partial charge < -0.3 is 24.8 Å². The van der Waals surface area contributed by atoms with E-state index < -0.39 is 29.2 Å². The molecule has 3 unspecified atom stereocenters. The molecule has 44 heavy (non-hydrogen) atoms. The van der Waals surface area contributed by atoms with Gasteiger partial charge >= 0.3 is 6.01 Å². The van der Waals surface area contributed by atoms with Crippen LogP contribution in [0.3, 0.4) is 0 Å². The Morgan fingerprint density at radius 1 is 1.09 bits per heavy atom. The maximum Gasteiger partial charge on any atom is 0.319 e. The molecule has 10 nitrogen and oxygen atoms in total. The summed E-state index contributed by atoms with van der Waals surface area (Å²) < 4.78 is 58.9. The lowest BCUT2D eigenvalue weighted by molar-refractivity contribution is 0.107. The Kier molecular flexibility index (Phi) is 5.72. The monoisotopic (exact) mass is 605 g/mol. The molecule has 0 amide bonds. The molecule has 0 spiro atoms. The largest absolute Gasteiger partial charge is 0.493 e. The van der Waals surface area contributed by atoms with Gasteiger partial charge in [0, 0.05) is 43.0 Å². The van der Waals surface area contributed by atoms with E-state index >= 15 is 8.78 Å². The highest BCUT2D eigenvalue weighted by molar-refractivity contribution is 6.00. The number of halogens is 3. The predicted molar refractivity (Wildman–Crippen MR) is 155 cm³/mol. The fraction of sp³-hybridized carbons (Fsp3) is 0.484. The highest BCUT2D eigenvalue weighted by Crippen LogP contribution is 2.45. The Balaban J connectivity index is 1.23. The van der Waals surface area contributed by atoms with Crippen molar-refractivity contribution in [1.82, 2.24) is 30.2 Å². The molecule has 2 N–H and O–H groups in total. The first-order valence-electron chi connectivity index (χ1n) is 15.2. The second-order valence-corrected chi connectivity index (χ2v) is 12.7. The van der Waals surface area contributed by atoms with Crippen molar-refractivity contribution in [2.75, 3.05) is 37.7 Å². The number of rotatable bonds is 4. The van der Waals surface area contributed by atoms with Gasteiger partial charge in [-0.25, -0.2) is 23.1 Å². The zero-order chi connectivity index (χ0) is 29.7. The zero-order valence-corrected chi connectivity index (χ0v) is 23.8. The van der Waals surface area contributed by atoms with Crippen molar-refractivity contribution in [2.45, 2.75) is 61.9 Å². The molecule has 1 aromatic carbocycles. The third-order valence-electron chi connectivity index (χ3n) is 10.2. The van der Waals surface area contributed by atoms with Crippen LogP contribution in [0.5, 0.6) is 17.8 Å².